The number of hydrogen-bond donors (Lipinski definition) is 4. The normalized spacial score (nSPS) is 11.0. The summed E-state index contributed by atoms with van der Waals surface area (Å²) in [6, 6.07) is 12.7. The molecule has 0 aliphatic heterocycles. The van der Waals surface area contributed by atoms with Crippen LogP contribution in [0.3, 0.4) is 0 Å². The molecule has 0 unspecified atom stereocenters. The minimum atomic E-state index is -0.435. The van der Waals surface area contributed by atoms with E-state index in [0.717, 1.165) is 6.07 Å². The fourth-order valence-corrected chi connectivity index (χ4v) is 2.89. The Morgan fingerprint density at radius 2 is 1.68 bits per heavy atom. The summed E-state index contributed by atoms with van der Waals surface area (Å²) in [6.07, 6.45) is 1.48. The summed E-state index contributed by atoms with van der Waals surface area (Å²) in [4.78, 5) is 29.6. The number of imidazole rings is 1. The van der Waals surface area contributed by atoms with Crippen molar-refractivity contribution in [2.75, 3.05) is 0 Å². The van der Waals surface area contributed by atoms with Crippen LogP contribution in [0.4, 0.5) is 0 Å². The van der Waals surface area contributed by atoms with Crippen molar-refractivity contribution in [1.29, 1.82) is 0 Å². The molecule has 4 N–H and O–H groups in total. The zero-order valence-electron chi connectivity index (χ0n) is 12.9. The standard InChI is InChI=1S/C18H13N3O4/c22-15-9-16(23)14(8-11(15)10-4-3-7-19-17(10)24)21-13-6-2-1-5-12(13)20-18(21)25/h1-9,22-23H,(H,19,24)(H,20,25). The SMILES string of the molecule is O=c1[nH]cccc1-c1cc(-n2c(=O)[nH]c3ccccc32)c(O)cc1O. The number of H-pyrrole nitrogens is 2. The fraction of sp³-hybridized carbons (Fsp3) is 0. The Labute approximate surface area is 140 Å². The first-order valence-corrected chi connectivity index (χ1v) is 7.50. The van der Waals surface area contributed by atoms with Gasteiger partial charge in [0.15, 0.2) is 0 Å². The lowest BCUT2D eigenvalue weighted by Gasteiger charge is -2.11. The van der Waals surface area contributed by atoms with Crippen LogP contribution in [0.25, 0.3) is 27.8 Å². The van der Waals surface area contributed by atoms with Crippen molar-refractivity contribution in [1.82, 2.24) is 14.5 Å². The molecule has 2 aromatic carbocycles. The maximum absolute atomic E-state index is 12.4. The predicted octanol–water partition coefficient (Wildman–Crippen LogP) is 2.09. The molecule has 2 aromatic heterocycles. The van der Waals surface area contributed by atoms with E-state index in [-0.39, 0.29) is 33.9 Å². The van der Waals surface area contributed by atoms with Crippen LogP contribution in [-0.2, 0) is 0 Å². The molecule has 0 amide bonds. The summed E-state index contributed by atoms with van der Waals surface area (Å²) in [7, 11) is 0. The Hall–Kier alpha value is -3.74. The molecule has 0 spiro atoms. The second-order valence-corrected chi connectivity index (χ2v) is 5.55. The van der Waals surface area contributed by atoms with Gasteiger partial charge in [0.2, 0.25) is 0 Å². The minimum Gasteiger partial charge on any atom is -0.507 e. The van der Waals surface area contributed by atoms with Gasteiger partial charge in [0.05, 0.1) is 22.3 Å². The number of aromatic nitrogens is 3. The fourth-order valence-electron chi connectivity index (χ4n) is 2.89. The molecule has 4 rings (SSSR count). The Balaban J connectivity index is 2.05. The lowest BCUT2D eigenvalue weighted by molar-refractivity contribution is 0.450. The maximum atomic E-state index is 12.4. The molecule has 0 bridgehead atoms. The molecule has 0 atom stereocenters. The van der Waals surface area contributed by atoms with Gasteiger partial charge >= 0.3 is 5.69 Å². The summed E-state index contributed by atoms with van der Waals surface area (Å²) in [5.74, 6) is -0.536. The van der Waals surface area contributed by atoms with Gasteiger partial charge in [-0.1, -0.05) is 12.1 Å². The summed E-state index contributed by atoms with van der Waals surface area (Å²) >= 11 is 0. The Morgan fingerprint density at radius 3 is 2.48 bits per heavy atom. The number of nitrogens with zero attached hydrogens (tertiary/aromatic N) is 1. The second-order valence-electron chi connectivity index (χ2n) is 5.55. The average Bonchev–Trinajstić information content (AvgIpc) is 2.92. The topological polar surface area (TPSA) is 111 Å². The zero-order valence-corrected chi connectivity index (χ0v) is 12.9. The van der Waals surface area contributed by atoms with Gasteiger partial charge in [-0.3, -0.25) is 9.36 Å². The quantitative estimate of drug-likeness (QED) is 0.449. The molecule has 7 heteroatoms. The van der Waals surface area contributed by atoms with Gasteiger partial charge in [0.1, 0.15) is 11.5 Å². The van der Waals surface area contributed by atoms with Crippen LogP contribution < -0.4 is 11.2 Å². The minimum absolute atomic E-state index is 0.165. The molecule has 2 heterocycles. The van der Waals surface area contributed by atoms with E-state index in [9.17, 15) is 19.8 Å². The number of nitrogens with one attached hydrogen (secondary N) is 2. The molecule has 0 aliphatic carbocycles. The van der Waals surface area contributed by atoms with Crippen molar-refractivity contribution in [3.05, 3.63) is 75.6 Å². The van der Waals surface area contributed by atoms with Crippen LogP contribution in [0.1, 0.15) is 0 Å². The first-order valence-electron chi connectivity index (χ1n) is 7.50. The van der Waals surface area contributed by atoms with Gasteiger partial charge in [-0.15, -0.1) is 0 Å². The van der Waals surface area contributed by atoms with E-state index in [1.54, 1.807) is 36.4 Å². The number of hydrogen-bond acceptors (Lipinski definition) is 4. The molecule has 25 heavy (non-hydrogen) atoms. The molecular weight excluding hydrogens is 322 g/mol. The molecule has 0 fully saturated rings. The summed E-state index contributed by atoms with van der Waals surface area (Å²) in [6.45, 7) is 0. The van der Waals surface area contributed by atoms with E-state index in [4.69, 9.17) is 0 Å². The monoisotopic (exact) mass is 335 g/mol. The molecule has 124 valence electrons. The van der Waals surface area contributed by atoms with E-state index < -0.39 is 5.69 Å². The highest BCUT2D eigenvalue weighted by atomic mass is 16.3. The van der Waals surface area contributed by atoms with E-state index in [1.807, 2.05) is 0 Å². The number of benzene rings is 2. The van der Waals surface area contributed by atoms with Crippen molar-refractivity contribution in [3.8, 4) is 28.3 Å². The van der Waals surface area contributed by atoms with Crippen LogP contribution in [0.5, 0.6) is 11.5 Å². The van der Waals surface area contributed by atoms with Gasteiger partial charge in [0.25, 0.3) is 5.56 Å². The molecule has 0 saturated heterocycles. The highest BCUT2D eigenvalue weighted by Gasteiger charge is 2.17. The van der Waals surface area contributed by atoms with Crippen LogP contribution in [-0.4, -0.2) is 24.7 Å². The average molecular weight is 335 g/mol. The van der Waals surface area contributed by atoms with Gasteiger partial charge in [-0.05, 0) is 30.3 Å². The Morgan fingerprint density at radius 1 is 0.880 bits per heavy atom. The van der Waals surface area contributed by atoms with Gasteiger partial charge in [0, 0.05) is 17.8 Å². The van der Waals surface area contributed by atoms with Crippen LogP contribution in [0.15, 0.2) is 64.3 Å². The first-order chi connectivity index (χ1) is 12.1. The third kappa shape index (κ3) is 2.29. The number of phenols is 2. The number of fused-ring (bicyclic) bond motifs is 1. The second kappa shape index (κ2) is 5.41. The van der Waals surface area contributed by atoms with Crippen molar-refractivity contribution >= 4 is 11.0 Å². The molecule has 4 aromatic rings. The molecule has 7 nitrogen and oxygen atoms in total. The molecule has 0 saturated carbocycles. The smallest absolute Gasteiger partial charge is 0.331 e. The summed E-state index contributed by atoms with van der Waals surface area (Å²) in [5.41, 5.74) is 0.968. The first kappa shape index (κ1) is 14.8. The summed E-state index contributed by atoms with van der Waals surface area (Å²) < 4.78 is 1.30. The van der Waals surface area contributed by atoms with Crippen molar-refractivity contribution < 1.29 is 10.2 Å². The number of pyridine rings is 1. The molecule has 0 radical (unpaired) electrons. The largest absolute Gasteiger partial charge is 0.507 e. The van der Waals surface area contributed by atoms with Crippen molar-refractivity contribution in [2.24, 2.45) is 0 Å². The highest BCUT2D eigenvalue weighted by molar-refractivity contribution is 5.80. The third-order valence-corrected chi connectivity index (χ3v) is 4.03. The van der Waals surface area contributed by atoms with Crippen molar-refractivity contribution in [3.63, 3.8) is 0 Å². The Kier molecular flexibility index (Phi) is 3.21. The predicted molar refractivity (Wildman–Crippen MR) is 93.3 cm³/mol. The van der Waals surface area contributed by atoms with Crippen molar-refractivity contribution in [2.45, 2.75) is 0 Å². The van der Waals surface area contributed by atoms with Gasteiger partial charge < -0.3 is 20.2 Å². The lowest BCUT2D eigenvalue weighted by Crippen LogP contribution is -2.15. The zero-order chi connectivity index (χ0) is 17.6. The van der Waals surface area contributed by atoms with Crippen LogP contribution in [0, 0.1) is 0 Å². The molecule has 0 aliphatic rings. The van der Waals surface area contributed by atoms with E-state index in [1.165, 1.54) is 16.8 Å². The van der Waals surface area contributed by atoms with Crippen LogP contribution >= 0.6 is 0 Å². The maximum Gasteiger partial charge on any atom is 0.331 e. The summed E-state index contributed by atoms with van der Waals surface area (Å²) in [5, 5.41) is 20.4. The van der Waals surface area contributed by atoms with Crippen LogP contribution in [0.2, 0.25) is 0 Å². The highest BCUT2D eigenvalue weighted by Crippen LogP contribution is 2.35. The number of aromatic amines is 2. The lowest BCUT2D eigenvalue weighted by atomic mass is 10.0. The van der Waals surface area contributed by atoms with E-state index >= 15 is 0 Å². The van der Waals surface area contributed by atoms with E-state index in [0.29, 0.717) is 11.0 Å². The van der Waals surface area contributed by atoms with Gasteiger partial charge in [-0.2, -0.15) is 0 Å². The number of phenolic OH excluding ortho intramolecular Hbond substituents is 2. The van der Waals surface area contributed by atoms with E-state index in [2.05, 4.69) is 9.97 Å². The third-order valence-electron chi connectivity index (χ3n) is 4.03. The number of para-hydroxylation sites is 2. The Bertz CT molecular complexity index is 1220. The van der Waals surface area contributed by atoms with Gasteiger partial charge in [-0.25, -0.2) is 4.79 Å². The number of aromatic hydroxyl groups is 2. The number of rotatable bonds is 2. The molecular formula is C18H13N3O4.